The normalized spacial score (nSPS) is 21.5. The fraction of sp³-hybridized carbons (Fsp3) is 0.600. The highest BCUT2D eigenvalue weighted by Crippen LogP contribution is 2.47. The Hall–Kier alpha value is -1.29. The van der Waals surface area contributed by atoms with Crippen molar-refractivity contribution in [3.8, 4) is 5.88 Å². The van der Waals surface area contributed by atoms with Crippen LogP contribution in [0.5, 0.6) is 5.88 Å². The Morgan fingerprint density at radius 3 is 2.80 bits per heavy atom. The monoisotopic (exact) mass is 293 g/mol. The van der Waals surface area contributed by atoms with E-state index in [1.807, 2.05) is 12.1 Å². The molecule has 0 N–H and O–H groups in total. The Morgan fingerprint density at radius 1 is 1.40 bits per heavy atom. The van der Waals surface area contributed by atoms with Gasteiger partial charge in [0.15, 0.2) is 5.65 Å². The first-order valence-corrected chi connectivity index (χ1v) is 7.58. The van der Waals surface area contributed by atoms with E-state index >= 15 is 0 Å². The number of methoxy groups -OCH3 is 1. The largest absolute Gasteiger partial charge is 0.481 e. The highest BCUT2D eigenvalue weighted by atomic mass is 35.5. The molecule has 2 aromatic heterocycles. The zero-order chi connectivity index (χ0) is 14.3. The number of hydrogen-bond acceptors (Lipinski definition) is 3. The molecular formula is C15H20ClN3O. The van der Waals surface area contributed by atoms with Crippen molar-refractivity contribution in [3.63, 3.8) is 0 Å². The minimum Gasteiger partial charge on any atom is -0.481 e. The predicted molar refractivity (Wildman–Crippen MR) is 80.3 cm³/mol. The van der Waals surface area contributed by atoms with Crippen LogP contribution in [0.2, 0.25) is 0 Å². The van der Waals surface area contributed by atoms with E-state index in [9.17, 15) is 0 Å². The number of fused-ring (bicyclic) bond motifs is 1. The molecule has 3 rings (SSSR count). The average molecular weight is 294 g/mol. The van der Waals surface area contributed by atoms with E-state index < -0.39 is 0 Å². The summed E-state index contributed by atoms with van der Waals surface area (Å²) in [6.07, 6.45) is 3.62. The van der Waals surface area contributed by atoms with Gasteiger partial charge in [-0.2, -0.15) is 4.98 Å². The molecule has 1 unspecified atom stereocenters. The zero-order valence-corrected chi connectivity index (χ0v) is 12.9. The second-order valence-corrected chi connectivity index (χ2v) is 6.39. The molecule has 20 heavy (non-hydrogen) atoms. The molecule has 1 aliphatic carbocycles. The van der Waals surface area contributed by atoms with Gasteiger partial charge in [0, 0.05) is 12.1 Å². The molecule has 2 aromatic rings. The molecule has 108 valence electrons. The van der Waals surface area contributed by atoms with Gasteiger partial charge in [-0.25, -0.2) is 4.98 Å². The minimum absolute atomic E-state index is 0.249. The first kappa shape index (κ1) is 13.7. The van der Waals surface area contributed by atoms with Crippen LogP contribution in [-0.2, 0) is 5.88 Å². The molecule has 2 heterocycles. The molecule has 1 atom stereocenters. The van der Waals surface area contributed by atoms with Gasteiger partial charge in [-0.3, -0.25) is 0 Å². The molecule has 4 nitrogen and oxygen atoms in total. The summed E-state index contributed by atoms with van der Waals surface area (Å²) in [5.41, 5.74) is 2.03. The molecule has 1 fully saturated rings. The van der Waals surface area contributed by atoms with Crippen LogP contribution in [0.1, 0.15) is 45.0 Å². The van der Waals surface area contributed by atoms with E-state index in [4.69, 9.17) is 16.3 Å². The first-order chi connectivity index (χ1) is 9.56. The number of pyridine rings is 1. The summed E-state index contributed by atoms with van der Waals surface area (Å²) < 4.78 is 7.48. The highest BCUT2D eigenvalue weighted by Gasteiger charge is 2.37. The van der Waals surface area contributed by atoms with Gasteiger partial charge in [0.2, 0.25) is 5.88 Å². The van der Waals surface area contributed by atoms with Crippen LogP contribution >= 0.6 is 11.6 Å². The van der Waals surface area contributed by atoms with E-state index in [0.717, 1.165) is 23.4 Å². The number of halogens is 1. The van der Waals surface area contributed by atoms with Crippen molar-refractivity contribution in [1.29, 1.82) is 0 Å². The number of imidazole rings is 1. The molecule has 0 amide bonds. The SMILES string of the molecule is COc1ccc2nc(CCl)n(C3CCCC3(C)C)c2n1. The summed E-state index contributed by atoms with van der Waals surface area (Å²) in [5, 5.41) is 0. The topological polar surface area (TPSA) is 39.9 Å². The Kier molecular flexibility index (Phi) is 3.36. The summed E-state index contributed by atoms with van der Waals surface area (Å²) in [6.45, 7) is 4.63. The fourth-order valence-electron chi connectivity index (χ4n) is 3.33. The molecule has 0 spiro atoms. The summed E-state index contributed by atoms with van der Waals surface area (Å²) in [4.78, 5) is 9.22. The highest BCUT2D eigenvalue weighted by molar-refractivity contribution is 6.16. The smallest absolute Gasteiger partial charge is 0.215 e. The van der Waals surface area contributed by atoms with Gasteiger partial charge in [0.05, 0.1) is 13.0 Å². The molecule has 0 radical (unpaired) electrons. The van der Waals surface area contributed by atoms with Gasteiger partial charge in [-0.15, -0.1) is 11.6 Å². The van der Waals surface area contributed by atoms with Crippen LogP contribution in [0.3, 0.4) is 0 Å². The molecule has 1 aliphatic rings. The molecule has 0 aliphatic heterocycles. The van der Waals surface area contributed by atoms with Gasteiger partial charge in [0.1, 0.15) is 11.3 Å². The van der Waals surface area contributed by atoms with Crippen molar-refractivity contribution in [3.05, 3.63) is 18.0 Å². The molecule has 0 aromatic carbocycles. The molecule has 0 bridgehead atoms. The summed E-state index contributed by atoms with van der Waals surface area (Å²) in [7, 11) is 1.64. The Balaban J connectivity index is 2.21. The van der Waals surface area contributed by atoms with Gasteiger partial charge >= 0.3 is 0 Å². The second kappa shape index (κ2) is 4.92. The van der Waals surface area contributed by atoms with Gasteiger partial charge < -0.3 is 9.30 Å². The Bertz CT molecular complexity index is 635. The number of alkyl halides is 1. The number of nitrogens with zero attached hydrogens (tertiary/aromatic N) is 3. The maximum Gasteiger partial charge on any atom is 0.215 e. The third kappa shape index (κ3) is 2.06. The summed E-state index contributed by atoms with van der Waals surface area (Å²) >= 11 is 6.11. The van der Waals surface area contributed by atoms with Gasteiger partial charge in [-0.05, 0) is 24.3 Å². The number of hydrogen-bond donors (Lipinski definition) is 0. The van der Waals surface area contributed by atoms with Crippen LogP contribution in [0, 0.1) is 5.41 Å². The third-order valence-electron chi connectivity index (χ3n) is 4.43. The van der Waals surface area contributed by atoms with Crippen molar-refractivity contribution in [2.45, 2.75) is 45.0 Å². The second-order valence-electron chi connectivity index (χ2n) is 6.12. The minimum atomic E-state index is 0.249. The lowest BCUT2D eigenvalue weighted by molar-refractivity contribution is 0.261. The van der Waals surface area contributed by atoms with Crippen molar-refractivity contribution < 1.29 is 4.74 Å². The van der Waals surface area contributed by atoms with Gasteiger partial charge in [-0.1, -0.05) is 20.3 Å². The summed E-state index contributed by atoms with van der Waals surface area (Å²) in [6, 6.07) is 4.20. The third-order valence-corrected chi connectivity index (χ3v) is 4.66. The Morgan fingerprint density at radius 2 is 2.20 bits per heavy atom. The van der Waals surface area contributed by atoms with E-state index in [-0.39, 0.29) is 5.41 Å². The molecule has 5 heteroatoms. The number of rotatable bonds is 3. The quantitative estimate of drug-likeness (QED) is 0.805. The lowest BCUT2D eigenvalue weighted by atomic mass is 9.87. The number of aromatic nitrogens is 3. The van der Waals surface area contributed by atoms with Crippen molar-refractivity contribution >= 4 is 22.8 Å². The van der Waals surface area contributed by atoms with E-state index in [2.05, 4.69) is 28.4 Å². The molecular weight excluding hydrogens is 274 g/mol. The maximum atomic E-state index is 6.11. The van der Waals surface area contributed by atoms with E-state index in [0.29, 0.717) is 17.8 Å². The number of ether oxygens (including phenoxy) is 1. The lowest BCUT2D eigenvalue weighted by Crippen LogP contribution is -2.23. The Labute approximate surface area is 124 Å². The van der Waals surface area contributed by atoms with E-state index in [1.165, 1.54) is 12.8 Å². The molecule has 1 saturated carbocycles. The standard InChI is InChI=1S/C15H20ClN3O/c1-15(2)8-4-5-11(15)19-12(9-16)17-10-6-7-13(20-3)18-14(10)19/h6-7,11H,4-5,8-9H2,1-3H3. The van der Waals surface area contributed by atoms with E-state index in [1.54, 1.807) is 7.11 Å². The van der Waals surface area contributed by atoms with Crippen molar-refractivity contribution in [2.75, 3.05) is 7.11 Å². The van der Waals surface area contributed by atoms with Crippen molar-refractivity contribution in [1.82, 2.24) is 14.5 Å². The van der Waals surface area contributed by atoms with Gasteiger partial charge in [0.25, 0.3) is 0 Å². The lowest BCUT2D eigenvalue weighted by Gasteiger charge is -2.29. The van der Waals surface area contributed by atoms with Crippen LogP contribution in [-0.4, -0.2) is 21.6 Å². The average Bonchev–Trinajstić information content (AvgIpc) is 2.96. The first-order valence-electron chi connectivity index (χ1n) is 7.04. The fourth-order valence-corrected chi connectivity index (χ4v) is 3.51. The zero-order valence-electron chi connectivity index (χ0n) is 12.2. The summed E-state index contributed by atoms with van der Waals surface area (Å²) in [5.74, 6) is 1.93. The predicted octanol–water partition coefficient (Wildman–Crippen LogP) is 3.93. The van der Waals surface area contributed by atoms with Crippen LogP contribution < -0.4 is 4.74 Å². The molecule has 0 saturated heterocycles. The van der Waals surface area contributed by atoms with Crippen LogP contribution in [0.15, 0.2) is 12.1 Å². The van der Waals surface area contributed by atoms with Crippen LogP contribution in [0.4, 0.5) is 0 Å². The van der Waals surface area contributed by atoms with Crippen LogP contribution in [0.25, 0.3) is 11.2 Å². The maximum absolute atomic E-state index is 6.11. The van der Waals surface area contributed by atoms with Crippen molar-refractivity contribution in [2.24, 2.45) is 5.41 Å².